The van der Waals surface area contributed by atoms with Gasteiger partial charge in [-0.25, -0.2) is 0 Å². The number of hydrogen-bond acceptors (Lipinski definition) is 7. The first-order valence-electron chi connectivity index (χ1n) is 10.00. The first kappa shape index (κ1) is 22.1. The van der Waals surface area contributed by atoms with E-state index < -0.39 is 6.10 Å². The third-order valence-electron chi connectivity index (χ3n) is 4.73. The van der Waals surface area contributed by atoms with Crippen molar-refractivity contribution in [3.63, 3.8) is 0 Å². The molecule has 1 atom stereocenters. The van der Waals surface area contributed by atoms with Gasteiger partial charge in [0.15, 0.2) is 17.6 Å². The van der Waals surface area contributed by atoms with Gasteiger partial charge in [-0.05, 0) is 51.1 Å². The number of carbonyl (C=O) groups excluding carboxylic acids is 1. The van der Waals surface area contributed by atoms with Crippen LogP contribution in [0.5, 0.6) is 17.2 Å². The second-order valence-corrected chi connectivity index (χ2v) is 7.21. The van der Waals surface area contributed by atoms with Gasteiger partial charge in [0.2, 0.25) is 11.7 Å². The Bertz CT molecular complexity index is 1000. The summed E-state index contributed by atoms with van der Waals surface area (Å²) in [6.45, 7) is 5.77. The van der Waals surface area contributed by atoms with Crippen LogP contribution in [0, 0.1) is 0 Å². The predicted molar refractivity (Wildman–Crippen MR) is 115 cm³/mol. The van der Waals surface area contributed by atoms with Gasteiger partial charge in [-0.3, -0.25) is 4.79 Å². The maximum atomic E-state index is 13.0. The lowest BCUT2D eigenvalue weighted by Gasteiger charge is -2.28. The summed E-state index contributed by atoms with van der Waals surface area (Å²) in [5, 5.41) is 4.05. The van der Waals surface area contributed by atoms with E-state index in [1.54, 1.807) is 38.2 Å². The van der Waals surface area contributed by atoms with Crippen molar-refractivity contribution in [2.24, 2.45) is 0 Å². The third-order valence-corrected chi connectivity index (χ3v) is 4.73. The van der Waals surface area contributed by atoms with E-state index in [0.717, 1.165) is 5.56 Å². The number of nitrogens with zero attached hydrogens (tertiary/aromatic N) is 3. The quantitative estimate of drug-likeness (QED) is 0.513. The lowest BCUT2D eigenvalue weighted by atomic mass is 10.2. The van der Waals surface area contributed by atoms with Gasteiger partial charge in [0, 0.05) is 11.6 Å². The van der Waals surface area contributed by atoms with Crippen LogP contribution in [-0.4, -0.2) is 47.3 Å². The van der Waals surface area contributed by atoms with Crippen molar-refractivity contribution in [1.82, 2.24) is 15.0 Å². The van der Waals surface area contributed by atoms with Crippen LogP contribution in [0.15, 0.2) is 53.1 Å². The number of ether oxygens (including phenoxy) is 3. The highest BCUT2D eigenvalue weighted by Gasteiger charge is 2.26. The molecular formula is C23H27N3O5. The molecule has 31 heavy (non-hydrogen) atoms. The summed E-state index contributed by atoms with van der Waals surface area (Å²) in [6.07, 6.45) is -0.655. The van der Waals surface area contributed by atoms with E-state index >= 15 is 0 Å². The van der Waals surface area contributed by atoms with Crippen molar-refractivity contribution >= 4 is 5.91 Å². The maximum Gasteiger partial charge on any atom is 0.264 e. The molecule has 1 heterocycles. The van der Waals surface area contributed by atoms with Gasteiger partial charge in [0.1, 0.15) is 12.3 Å². The molecule has 8 heteroatoms. The summed E-state index contributed by atoms with van der Waals surface area (Å²) in [6, 6.07) is 14.5. The standard InChI is InChI=1S/C23H27N3O5/c1-15(2)26(23(27)16(3)30-18-9-7-6-8-10-18)14-21-24-22(25-31-21)17-11-12-19(28-4)20(13-17)29-5/h6-13,15-16H,14H2,1-5H3/t16-/m0/s1. The lowest BCUT2D eigenvalue weighted by molar-refractivity contribution is -0.140. The van der Waals surface area contributed by atoms with Gasteiger partial charge in [0.25, 0.3) is 5.91 Å². The van der Waals surface area contributed by atoms with E-state index in [4.69, 9.17) is 18.7 Å². The first-order chi connectivity index (χ1) is 14.9. The Hall–Kier alpha value is -3.55. The first-order valence-corrected chi connectivity index (χ1v) is 10.00. The van der Waals surface area contributed by atoms with Crippen LogP contribution in [0.3, 0.4) is 0 Å². The van der Waals surface area contributed by atoms with Gasteiger partial charge in [0.05, 0.1) is 14.2 Å². The minimum absolute atomic E-state index is 0.0780. The summed E-state index contributed by atoms with van der Waals surface area (Å²) in [7, 11) is 3.14. The maximum absolute atomic E-state index is 13.0. The summed E-state index contributed by atoms with van der Waals surface area (Å²) >= 11 is 0. The van der Waals surface area contributed by atoms with E-state index in [1.165, 1.54) is 0 Å². The predicted octanol–water partition coefficient (Wildman–Crippen LogP) is 3.96. The van der Waals surface area contributed by atoms with E-state index in [0.29, 0.717) is 29.0 Å². The Labute approximate surface area is 181 Å². The molecule has 0 unspecified atom stereocenters. The van der Waals surface area contributed by atoms with Crippen LogP contribution in [0.1, 0.15) is 26.7 Å². The highest BCUT2D eigenvalue weighted by Crippen LogP contribution is 2.31. The summed E-state index contributed by atoms with van der Waals surface area (Å²) in [5.74, 6) is 2.39. The second-order valence-electron chi connectivity index (χ2n) is 7.21. The summed E-state index contributed by atoms with van der Waals surface area (Å²) < 4.78 is 21.8. The fraction of sp³-hybridized carbons (Fsp3) is 0.348. The number of aromatic nitrogens is 2. The molecule has 0 radical (unpaired) electrons. The van der Waals surface area contributed by atoms with Crippen molar-refractivity contribution in [1.29, 1.82) is 0 Å². The topological polar surface area (TPSA) is 86.9 Å². The van der Waals surface area contributed by atoms with Crippen molar-refractivity contribution in [2.75, 3.05) is 14.2 Å². The van der Waals surface area contributed by atoms with Crippen LogP contribution >= 0.6 is 0 Å². The zero-order valence-electron chi connectivity index (χ0n) is 18.4. The molecule has 0 spiro atoms. The zero-order chi connectivity index (χ0) is 22.4. The number of hydrogen-bond donors (Lipinski definition) is 0. The number of benzene rings is 2. The molecule has 0 saturated carbocycles. The second kappa shape index (κ2) is 9.97. The molecule has 0 fully saturated rings. The molecule has 2 aromatic carbocycles. The Balaban J connectivity index is 1.74. The highest BCUT2D eigenvalue weighted by molar-refractivity contribution is 5.81. The summed E-state index contributed by atoms with van der Waals surface area (Å²) in [5.41, 5.74) is 0.718. The van der Waals surface area contributed by atoms with Gasteiger partial charge in [-0.2, -0.15) is 4.98 Å². The number of carbonyl (C=O) groups is 1. The Kier molecular flexibility index (Phi) is 7.12. The number of amides is 1. The average molecular weight is 425 g/mol. The van der Waals surface area contributed by atoms with Crippen LogP contribution in [0.4, 0.5) is 0 Å². The van der Waals surface area contributed by atoms with Gasteiger partial charge < -0.3 is 23.6 Å². The van der Waals surface area contributed by atoms with Crippen LogP contribution in [0.2, 0.25) is 0 Å². The van der Waals surface area contributed by atoms with Crippen LogP contribution in [0.25, 0.3) is 11.4 Å². The number of rotatable bonds is 9. The summed E-state index contributed by atoms with van der Waals surface area (Å²) in [4.78, 5) is 19.1. The van der Waals surface area contributed by atoms with Gasteiger partial charge in [-0.15, -0.1) is 0 Å². The van der Waals surface area contributed by atoms with E-state index in [-0.39, 0.29) is 18.5 Å². The molecule has 3 aromatic rings. The molecular weight excluding hydrogens is 398 g/mol. The normalized spacial score (nSPS) is 11.8. The molecule has 3 rings (SSSR count). The molecule has 0 N–H and O–H groups in total. The molecule has 0 bridgehead atoms. The van der Waals surface area contributed by atoms with Crippen LogP contribution in [-0.2, 0) is 11.3 Å². The van der Waals surface area contributed by atoms with Crippen molar-refractivity contribution in [3.05, 3.63) is 54.4 Å². The fourth-order valence-corrected chi connectivity index (χ4v) is 3.06. The molecule has 1 amide bonds. The fourth-order valence-electron chi connectivity index (χ4n) is 3.06. The molecule has 1 aromatic heterocycles. The smallest absolute Gasteiger partial charge is 0.264 e. The van der Waals surface area contributed by atoms with Gasteiger partial charge >= 0.3 is 0 Å². The Morgan fingerprint density at radius 3 is 2.39 bits per heavy atom. The Morgan fingerprint density at radius 2 is 1.74 bits per heavy atom. The molecule has 0 aliphatic carbocycles. The largest absolute Gasteiger partial charge is 0.493 e. The Morgan fingerprint density at radius 1 is 1.03 bits per heavy atom. The molecule has 0 aliphatic rings. The zero-order valence-corrected chi connectivity index (χ0v) is 18.4. The molecule has 0 aliphatic heterocycles. The van der Waals surface area contributed by atoms with Crippen LogP contribution < -0.4 is 14.2 Å². The van der Waals surface area contributed by atoms with Crippen molar-refractivity contribution < 1.29 is 23.5 Å². The lowest BCUT2D eigenvalue weighted by Crippen LogP contribution is -2.43. The van der Waals surface area contributed by atoms with Gasteiger partial charge in [-0.1, -0.05) is 23.4 Å². The number of methoxy groups -OCH3 is 2. The minimum atomic E-state index is -0.655. The highest BCUT2D eigenvalue weighted by atomic mass is 16.5. The van der Waals surface area contributed by atoms with Crippen molar-refractivity contribution in [2.45, 2.75) is 39.5 Å². The number of para-hydroxylation sites is 1. The van der Waals surface area contributed by atoms with Crippen molar-refractivity contribution in [3.8, 4) is 28.6 Å². The van der Waals surface area contributed by atoms with E-state index in [9.17, 15) is 4.79 Å². The SMILES string of the molecule is COc1ccc(-c2noc(CN(C(=O)[C@H](C)Oc3ccccc3)C(C)C)n2)cc1OC. The molecule has 164 valence electrons. The average Bonchev–Trinajstić information content (AvgIpc) is 3.25. The molecule has 0 saturated heterocycles. The minimum Gasteiger partial charge on any atom is -0.493 e. The third kappa shape index (κ3) is 5.33. The van der Waals surface area contributed by atoms with E-state index in [1.807, 2.05) is 50.2 Å². The monoisotopic (exact) mass is 425 g/mol. The molecule has 8 nitrogen and oxygen atoms in total. The van der Waals surface area contributed by atoms with E-state index in [2.05, 4.69) is 10.1 Å².